The van der Waals surface area contributed by atoms with Gasteiger partial charge >= 0.3 is 0 Å². The number of benzene rings is 2. The summed E-state index contributed by atoms with van der Waals surface area (Å²) in [5, 5.41) is 2.70. The molecule has 1 atom stereocenters. The zero-order valence-corrected chi connectivity index (χ0v) is 17.4. The monoisotopic (exact) mass is 404 g/mol. The number of ether oxygens (including phenoxy) is 1. The smallest absolute Gasteiger partial charge is 0.240 e. The molecule has 0 aliphatic rings. The summed E-state index contributed by atoms with van der Waals surface area (Å²) in [6.07, 6.45) is 1.75. The first-order valence-corrected chi connectivity index (χ1v) is 11.0. The van der Waals surface area contributed by atoms with Crippen molar-refractivity contribution in [2.45, 2.75) is 51.0 Å². The Bertz CT molecular complexity index is 883. The number of carbonyl (C=O) groups is 1. The maximum absolute atomic E-state index is 12.8. The molecule has 0 unspecified atom stereocenters. The molecule has 0 radical (unpaired) electrons. The van der Waals surface area contributed by atoms with E-state index in [2.05, 4.69) is 10.0 Å². The molecule has 7 heteroatoms. The number of nitrogens with one attached hydrogen (secondary N) is 2. The fourth-order valence-corrected chi connectivity index (χ4v) is 4.02. The van der Waals surface area contributed by atoms with E-state index < -0.39 is 10.0 Å². The van der Waals surface area contributed by atoms with E-state index >= 15 is 0 Å². The van der Waals surface area contributed by atoms with Crippen LogP contribution >= 0.6 is 0 Å². The van der Waals surface area contributed by atoms with E-state index in [-0.39, 0.29) is 23.3 Å². The average Bonchev–Trinajstić information content (AvgIpc) is 2.68. The van der Waals surface area contributed by atoms with Crippen LogP contribution in [-0.4, -0.2) is 27.0 Å². The lowest BCUT2D eigenvalue weighted by atomic mass is 10.1. The number of amides is 1. The van der Waals surface area contributed by atoms with Crippen LogP contribution < -0.4 is 14.8 Å². The molecule has 2 aromatic carbocycles. The number of hydrogen-bond acceptors (Lipinski definition) is 4. The SMILES string of the molecule is CCOc1ccc(S(=O)(=O)N[C@@H](C)CCc2ccccc2)cc1NC(=O)CC. The summed E-state index contributed by atoms with van der Waals surface area (Å²) in [6.45, 7) is 5.81. The van der Waals surface area contributed by atoms with Gasteiger partial charge in [-0.15, -0.1) is 0 Å². The molecule has 0 aromatic heterocycles. The minimum Gasteiger partial charge on any atom is -0.492 e. The van der Waals surface area contributed by atoms with Crippen molar-refractivity contribution < 1.29 is 17.9 Å². The second-order valence-electron chi connectivity index (χ2n) is 6.54. The van der Waals surface area contributed by atoms with Crippen LogP contribution in [0.2, 0.25) is 0 Å². The second kappa shape index (κ2) is 10.2. The first-order chi connectivity index (χ1) is 13.4. The van der Waals surface area contributed by atoms with Gasteiger partial charge in [0.2, 0.25) is 15.9 Å². The number of rotatable bonds is 10. The van der Waals surface area contributed by atoms with Crippen LogP contribution in [0.1, 0.15) is 39.2 Å². The van der Waals surface area contributed by atoms with Gasteiger partial charge in [0.25, 0.3) is 0 Å². The van der Waals surface area contributed by atoms with Gasteiger partial charge in [-0.3, -0.25) is 4.79 Å². The number of anilines is 1. The maximum Gasteiger partial charge on any atom is 0.240 e. The highest BCUT2D eigenvalue weighted by Crippen LogP contribution is 2.28. The van der Waals surface area contributed by atoms with Crippen molar-refractivity contribution in [3.05, 3.63) is 54.1 Å². The third-order valence-electron chi connectivity index (χ3n) is 4.22. The van der Waals surface area contributed by atoms with Crippen molar-refractivity contribution >= 4 is 21.6 Å². The summed E-state index contributed by atoms with van der Waals surface area (Å²) < 4.78 is 33.7. The summed E-state index contributed by atoms with van der Waals surface area (Å²) in [7, 11) is -3.72. The molecule has 0 spiro atoms. The van der Waals surface area contributed by atoms with Gasteiger partial charge < -0.3 is 10.1 Å². The van der Waals surface area contributed by atoms with E-state index in [1.807, 2.05) is 44.2 Å². The van der Waals surface area contributed by atoms with E-state index in [0.29, 0.717) is 24.5 Å². The van der Waals surface area contributed by atoms with Gasteiger partial charge in [0.05, 0.1) is 17.2 Å². The molecule has 0 saturated carbocycles. The fourth-order valence-electron chi connectivity index (χ4n) is 2.71. The first-order valence-electron chi connectivity index (χ1n) is 9.48. The van der Waals surface area contributed by atoms with E-state index in [0.717, 1.165) is 6.42 Å². The molecule has 28 heavy (non-hydrogen) atoms. The molecule has 0 saturated heterocycles. The Morgan fingerprint density at radius 3 is 2.46 bits per heavy atom. The van der Waals surface area contributed by atoms with Crippen LogP contribution in [0.4, 0.5) is 5.69 Å². The van der Waals surface area contributed by atoms with Crippen molar-refractivity contribution in [1.29, 1.82) is 0 Å². The lowest BCUT2D eigenvalue weighted by Crippen LogP contribution is -2.33. The van der Waals surface area contributed by atoms with Crippen LogP contribution in [0.15, 0.2) is 53.4 Å². The zero-order valence-electron chi connectivity index (χ0n) is 16.6. The van der Waals surface area contributed by atoms with Crippen molar-refractivity contribution in [2.24, 2.45) is 0 Å². The standard InChI is InChI=1S/C21H28N2O4S/c1-4-21(24)22-19-15-18(13-14-20(19)27-5-2)28(25,26)23-16(3)11-12-17-9-7-6-8-10-17/h6-10,13-16,23H,4-5,11-12H2,1-3H3,(H,22,24)/t16-/m0/s1. The molecule has 2 N–H and O–H groups in total. The maximum atomic E-state index is 12.8. The van der Waals surface area contributed by atoms with Crippen LogP contribution in [0.25, 0.3) is 0 Å². The molecule has 0 bridgehead atoms. The van der Waals surface area contributed by atoms with Gasteiger partial charge in [0, 0.05) is 12.5 Å². The lowest BCUT2D eigenvalue weighted by Gasteiger charge is -2.16. The molecular weight excluding hydrogens is 376 g/mol. The highest BCUT2D eigenvalue weighted by Gasteiger charge is 2.20. The largest absolute Gasteiger partial charge is 0.492 e. The van der Waals surface area contributed by atoms with Crippen LogP contribution in [-0.2, 0) is 21.2 Å². The van der Waals surface area contributed by atoms with Crippen LogP contribution in [0.5, 0.6) is 5.75 Å². The minimum absolute atomic E-state index is 0.0916. The zero-order chi connectivity index (χ0) is 20.6. The molecular formula is C21H28N2O4S. The average molecular weight is 405 g/mol. The van der Waals surface area contributed by atoms with Gasteiger partial charge in [-0.1, -0.05) is 37.3 Å². The summed E-state index contributed by atoms with van der Waals surface area (Å²) in [5.41, 5.74) is 1.52. The van der Waals surface area contributed by atoms with E-state index in [1.165, 1.54) is 17.7 Å². The molecule has 152 valence electrons. The summed E-state index contributed by atoms with van der Waals surface area (Å²) in [4.78, 5) is 11.9. The van der Waals surface area contributed by atoms with E-state index in [1.54, 1.807) is 13.0 Å². The van der Waals surface area contributed by atoms with Crippen molar-refractivity contribution in [2.75, 3.05) is 11.9 Å². The number of carbonyl (C=O) groups excluding carboxylic acids is 1. The van der Waals surface area contributed by atoms with Crippen molar-refractivity contribution in [3.63, 3.8) is 0 Å². The third-order valence-corrected chi connectivity index (χ3v) is 5.81. The summed E-state index contributed by atoms with van der Waals surface area (Å²) >= 11 is 0. The van der Waals surface area contributed by atoms with Gasteiger partial charge in [-0.05, 0) is 50.5 Å². The molecule has 6 nitrogen and oxygen atoms in total. The predicted molar refractivity (Wildman–Crippen MR) is 111 cm³/mol. The first kappa shape index (κ1) is 21.9. The Kier molecular flexibility index (Phi) is 8.02. The molecule has 2 rings (SSSR count). The van der Waals surface area contributed by atoms with Crippen LogP contribution in [0.3, 0.4) is 0 Å². The lowest BCUT2D eigenvalue weighted by molar-refractivity contribution is -0.115. The Balaban J connectivity index is 2.12. The predicted octanol–water partition coefficient (Wildman–Crippen LogP) is 3.73. The van der Waals surface area contributed by atoms with Crippen LogP contribution in [0, 0.1) is 0 Å². The topological polar surface area (TPSA) is 84.5 Å². The highest BCUT2D eigenvalue weighted by molar-refractivity contribution is 7.89. The van der Waals surface area contributed by atoms with Gasteiger partial charge in [0.1, 0.15) is 5.75 Å². The van der Waals surface area contributed by atoms with E-state index in [4.69, 9.17) is 4.74 Å². The van der Waals surface area contributed by atoms with Crippen molar-refractivity contribution in [3.8, 4) is 5.75 Å². The van der Waals surface area contributed by atoms with Gasteiger partial charge in [-0.2, -0.15) is 0 Å². The number of sulfonamides is 1. The molecule has 2 aromatic rings. The third kappa shape index (κ3) is 6.35. The van der Waals surface area contributed by atoms with Crippen molar-refractivity contribution in [1.82, 2.24) is 4.72 Å². The van der Waals surface area contributed by atoms with E-state index in [9.17, 15) is 13.2 Å². The normalized spacial score (nSPS) is 12.4. The minimum atomic E-state index is -3.72. The Morgan fingerprint density at radius 2 is 1.82 bits per heavy atom. The fraction of sp³-hybridized carbons (Fsp3) is 0.381. The summed E-state index contributed by atoms with van der Waals surface area (Å²) in [5.74, 6) is 0.236. The highest BCUT2D eigenvalue weighted by atomic mass is 32.2. The molecule has 1 amide bonds. The Morgan fingerprint density at radius 1 is 1.11 bits per heavy atom. The quantitative estimate of drug-likeness (QED) is 0.632. The summed E-state index contributed by atoms with van der Waals surface area (Å²) in [6, 6.07) is 14.2. The Hall–Kier alpha value is -2.38. The number of aryl methyl sites for hydroxylation is 1. The van der Waals surface area contributed by atoms with Gasteiger partial charge in [-0.25, -0.2) is 13.1 Å². The van der Waals surface area contributed by atoms with Gasteiger partial charge in [0.15, 0.2) is 0 Å². The Labute approximate surface area is 167 Å². The number of hydrogen-bond donors (Lipinski definition) is 2. The molecule has 0 aliphatic heterocycles. The molecule has 0 aliphatic carbocycles. The molecule has 0 heterocycles. The molecule has 0 fully saturated rings. The second-order valence-corrected chi connectivity index (χ2v) is 8.25.